The Bertz CT molecular complexity index is 1040. The summed E-state index contributed by atoms with van der Waals surface area (Å²) in [5.41, 5.74) is 1.86. The van der Waals surface area contributed by atoms with Crippen molar-refractivity contribution in [2.75, 3.05) is 11.9 Å². The molecular formula is C23H22FN3O3S. The molecule has 0 bridgehead atoms. The molecule has 0 radical (unpaired) electrons. The maximum absolute atomic E-state index is 13.1. The number of ether oxygens (including phenoxy) is 1. The molecule has 31 heavy (non-hydrogen) atoms. The van der Waals surface area contributed by atoms with E-state index in [0.29, 0.717) is 24.5 Å². The van der Waals surface area contributed by atoms with Gasteiger partial charge in [-0.2, -0.15) is 0 Å². The summed E-state index contributed by atoms with van der Waals surface area (Å²) in [6.45, 7) is 0.656. The summed E-state index contributed by atoms with van der Waals surface area (Å²) in [4.78, 5) is 32.0. The Balaban J connectivity index is 1.32. The summed E-state index contributed by atoms with van der Waals surface area (Å²) >= 11 is 1.36. The van der Waals surface area contributed by atoms with Crippen molar-refractivity contribution in [1.29, 1.82) is 0 Å². The van der Waals surface area contributed by atoms with Crippen LogP contribution in [0.5, 0.6) is 0 Å². The van der Waals surface area contributed by atoms with E-state index in [1.165, 1.54) is 28.4 Å². The Labute approximate surface area is 183 Å². The molecule has 3 aromatic rings. The smallest absolute Gasteiger partial charge is 0.410 e. The van der Waals surface area contributed by atoms with Gasteiger partial charge in [-0.25, -0.2) is 14.2 Å². The van der Waals surface area contributed by atoms with Crippen LogP contribution in [-0.2, 0) is 22.6 Å². The first-order valence-electron chi connectivity index (χ1n) is 10.1. The number of anilines is 1. The number of aromatic nitrogens is 1. The lowest BCUT2D eigenvalue weighted by Crippen LogP contribution is -2.43. The van der Waals surface area contributed by atoms with Crippen LogP contribution in [0.1, 0.15) is 28.8 Å². The number of thiazole rings is 1. The third-order valence-corrected chi connectivity index (χ3v) is 5.98. The van der Waals surface area contributed by atoms with E-state index in [4.69, 9.17) is 4.74 Å². The van der Waals surface area contributed by atoms with Crippen LogP contribution in [-0.4, -0.2) is 34.5 Å². The molecule has 2 heterocycles. The zero-order valence-corrected chi connectivity index (χ0v) is 17.6. The van der Waals surface area contributed by atoms with Crippen molar-refractivity contribution in [1.82, 2.24) is 9.88 Å². The lowest BCUT2D eigenvalue weighted by atomic mass is 10.1. The Hall–Kier alpha value is -3.26. The normalized spacial score (nSPS) is 15.6. The number of likely N-dealkylation sites (tertiary alicyclic amines) is 1. The Morgan fingerprint density at radius 2 is 1.90 bits per heavy atom. The predicted octanol–water partition coefficient (Wildman–Crippen LogP) is 4.61. The van der Waals surface area contributed by atoms with Crippen molar-refractivity contribution in [2.24, 2.45) is 0 Å². The highest BCUT2D eigenvalue weighted by molar-refractivity contribution is 7.15. The molecular weight excluding hydrogens is 417 g/mol. The van der Waals surface area contributed by atoms with Gasteiger partial charge >= 0.3 is 6.09 Å². The van der Waals surface area contributed by atoms with Crippen LogP contribution in [0.3, 0.4) is 0 Å². The number of carbonyl (C=O) groups is 2. The van der Waals surface area contributed by atoms with E-state index in [1.54, 1.807) is 18.3 Å². The summed E-state index contributed by atoms with van der Waals surface area (Å²) in [6.07, 6.45) is 3.14. The molecule has 6 nitrogen and oxygen atoms in total. The molecule has 160 valence electrons. The van der Waals surface area contributed by atoms with Crippen molar-refractivity contribution < 1.29 is 18.7 Å². The fourth-order valence-electron chi connectivity index (χ4n) is 3.50. The second kappa shape index (κ2) is 9.70. The minimum absolute atomic E-state index is 0.170. The second-order valence-corrected chi connectivity index (χ2v) is 8.43. The molecule has 0 saturated carbocycles. The largest absolute Gasteiger partial charge is 0.445 e. The van der Waals surface area contributed by atoms with Crippen LogP contribution in [0.4, 0.5) is 14.3 Å². The van der Waals surface area contributed by atoms with Gasteiger partial charge in [0.25, 0.3) is 0 Å². The standard InChI is InChI=1S/C23H22FN3O3S/c24-18-10-8-16(9-11-18)13-19-14-25-22(31-19)26-21(28)20-7-4-12-27(20)23(29)30-15-17-5-2-1-3-6-17/h1-3,5-6,8-11,14,20H,4,7,12-13,15H2,(H,25,26,28)/t20-/m1/s1. The van der Waals surface area contributed by atoms with Gasteiger partial charge in [0.05, 0.1) is 0 Å². The molecule has 2 amide bonds. The molecule has 1 N–H and O–H groups in total. The second-order valence-electron chi connectivity index (χ2n) is 7.32. The molecule has 1 aliphatic rings. The van der Waals surface area contributed by atoms with Crippen molar-refractivity contribution in [3.8, 4) is 0 Å². The fraction of sp³-hybridized carbons (Fsp3) is 0.261. The number of rotatable bonds is 6. The fourth-order valence-corrected chi connectivity index (χ4v) is 4.35. The average molecular weight is 440 g/mol. The number of amides is 2. The predicted molar refractivity (Wildman–Crippen MR) is 116 cm³/mol. The Morgan fingerprint density at radius 1 is 1.13 bits per heavy atom. The van der Waals surface area contributed by atoms with Crippen LogP contribution >= 0.6 is 11.3 Å². The van der Waals surface area contributed by atoms with Crippen LogP contribution in [0.15, 0.2) is 60.8 Å². The highest BCUT2D eigenvalue weighted by atomic mass is 32.1. The van der Waals surface area contributed by atoms with Gasteiger partial charge in [-0.15, -0.1) is 11.3 Å². The third kappa shape index (κ3) is 5.46. The summed E-state index contributed by atoms with van der Waals surface area (Å²) in [7, 11) is 0. The van der Waals surface area contributed by atoms with Gasteiger partial charge in [-0.05, 0) is 36.1 Å². The maximum atomic E-state index is 13.1. The molecule has 0 aliphatic carbocycles. The molecule has 1 aliphatic heterocycles. The number of hydrogen-bond acceptors (Lipinski definition) is 5. The molecule has 1 saturated heterocycles. The van der Waals surface area contributed by atoms with E-state index in [1.807, 2.05) is 30.3 Å². The summed E-state index contributed by atoms with van der Waals surface area (Å²) in [6, 6.07) is 15.1. The van der Waals surface area contributed by atoms with Gasteiger partial charge in [0, 0.05) is 24.0 Å². The van der Waals surface area contributed by atoms with E-state index < -0.39 is 12.1 Å². The zero-order chi connectivity index (χ0) is 21.6. The number of halogens is 1. The molecule has 1 atom stereocenters. The number of hydrogen-bond donors (Lipinski definition) is 1. The van der Waals surface area contributed by atoms with Gasteiger partial charge in [0.15, 0.2) is 5.13 Å². The number of benzene rings is 2. The van der Waals surface area contributed by atoms with Crippen LogP contribution in [0.2, 0.25) is 0 Å². The summed E-state index contributed by atoms with van der Waals surface area (Å²) in [5, 5.41) is 3.30. The maximum Gasteiger partial charge on any atom is 0.410 e. The molecule has 1 fully saturated rings. The summed E-state index contributed by atoms with van der Waals surface area (Å²) < 4.78 is 18.4. The third-order valence-electron chi connectivity index (χ3n) is 5.07. The Kier molecular flexibility index (Phi) is 6.57. The first-order valence-corrected chi connectivity index (χ1v) is 10.9. The molecule has 0 unspecified atom stereocenters. The van der Waals surface area contributed by atoms with E-state index >= 15 is 0 Å². The van der Waals surface area contributed by atoms with Crippen molar-refractivity contribution in [3.63, 3.8) is 0 Å². The van der Waals surface area contributed by atoms with Gasteiger partial charge in [-0.3, -0.25) is 9.69 Å². The van der Waals surface area contributed by atoms with Crippen molar-refractivity contribution in [3.05, 3.63) is 82.6 Å². The lowest BCUT2D eigenvalue weighted by Gasteiger charge is -2.22. The monoisotopic (exact) mass is 439 g/mol. The first kappa shape index (κ1) is 21.0. The number of nitrogens with one attached hydrogen (secondary N) is 1. The van der Waals surface area contributed by atoms with E-state index in [0.717, 1.165) is 22.4 Å². The van der Waals surface area contributed by atoms with Crippen molar-refractivity contribution >= 4 is 28.5 Å². The van der Waals surface area contributed by atoms with Crippen molar-refractivity contribution in [2.45, 2.75) is 31.9 Å². The lowest BCUT2D eigenvalue weighted by molar-refractivity contribution is -0.120. The molecule has 1 aromatic heterocycles. The zero-order valence-electron chi connectivity index (χ0n) is 16.8. The minimum atomic E-state index is -0.576. The summed E-state index contributed by atoms with van der Waals surface area (Å²) in [5.74, 6) is -0.540. The van der Waals surface area contributed by atoms with E-state index in [9.17, 15) is 14.0 Å². The number of carbonyl (C=O) groups excluding carboxylic acids is 2. The van der Waals surface area contributed by atoms with Crippen LogP contribution in [0, 0.1) is 5.82 Å². The number of nitrogens with zero attached hydrogens (tertiary/aromatic N) is 2. The molecule has 8 heteroatoms. The van der Waals surface area contributed by atoms with Gasteiger partial charge in [0.1, 0.15) is 18.5 Å². The minimum Gasteiger partial charge on any atom is -0.445 e. The molecule has 0 spiro atoms. The first-order chi connectivity index (χ1) is 15.1. The topological polar surface area (TPSA) is 71.5 Å². The average Bonchev–Trinajstić information content (AvgIpc) is 3.44. The highest BCUT2D eigenvalue weighted by Crippen LogP contribution is 2.24. The van der Waals surface area contributed by atoms with Gasteiger partial charge in [0.2, 0.25) is 5.91 Å². The van der Waals surface area contributed by atoms with Crippen LogP contribution in [0.25, 0.3) is 0 Å². The van der Waals surface area contributed by atoms with E-state index in [-0.39, 0.29) is 18.3 Å². The van der Waals surface area contributed by atoms with Gasteiger partial charge in [-0.1, -0.05) is 42.5 Å². The van der Waals surface area contributed by atoms with Crippen LogP contribution < -0.4 is 5.32 Å². The quantitative estimate of drug-likeness (QED) is 0.609. The molecule has 2 aromatic carbocycles. The highest BCUT2D eigenvalue weighted by Gasteiger charge is 2.35. The Morgan fingerprint density at radius 3 is 2.68 bits per heavy atom. The molecule has 4 rings (SSSR count). The van der Waals surface area contributed by atoms with Gasteiger partial charge < -0.3 is 10.1 Å². The SMILES string of the molecule is O=C(Nc1ncc(Cc2ccc(F)cc2)s1)[C@H]1CCCN1C(=O)OCc1ccccc1. The van der Waals surface area contributed by atoms with E-state index in [2.05, 4.69) is 10.3 Å².